The van der Waals surface area contributed by atoms with Crippen molar-refractivity contribution in [2.75, 3.05) is 18.9 Å². The second kappa shape index (κ2) is 7.76. The number of nitrogens with zero attached hydrogens (tertiary/aromatic N) is 3. The average molecular weight is 338 g/mol. The van der Waals surface area contributed by atoms with Crippen molar-refractivity contribution in [2.45, 2.75) is 19.8 Å². The van der Waals surface area contributed by atoms with Crippen LogP contribution >= 0.6 is 0 Å². The Bertz CT molecular complexity index is 722. The lowest BCUT2D eigenvalue weighted by Crippen LogP contribution is -2.27. The highest BCUT2D eigenvalue weighted by atomic mass is 19.2. The highest BCUT2D eigenvalue weighted by Gasteiger charge is 2.15. The summed E-state index contributed by atoms with van der Waals surface area (Å²) >= 11 is 0. The van der Waals surface area contributed by atoms with Gasteiger partial charge in [-0.25, -0.2) is 23.1 Å². The van der Waals surface area contributed by atoms with Crippen LogP contribution < -0.4 is 5.32 Å². The number of hydrogen-bond acceptors (Lipinski definition) is 4. The zero-order valence-corrected chi connectivity index (χ0v) is 13.3. The monoisotopic (exact) mass is 338 g/mol. The first kappa shape index (κ1) is 17.7. The van der Waals surface area contributed by atoms with Gasteiger partial charge < -0.3 is 10.2 Å². The van der Waals surface area contributed by atoms with Gasteiger partial charge in [0.25, 0.3) is 5.91 Å². The molecule has 1 aromatic carbocycles. The Labute approximate surface area is 137 Å². The van der Waals surface area contributed by atoms with Crippen LogP contribution in [0.25, 0.3) is 0 Å². The van der Waals surface area contributed by atoms with Crippen molar-refractivity contribution in [2.24, 2.45) is 0 Å². The van der Waals surface area contributed by atoms with E-state index in [0.29, 0.717) is 6.54 Å². The number of nitrogens with one attached hydrogen (secondary N) is 1. The first-order valence-corrected chi connectivity index (χ1v) is 7.42. The zero-order chi connectivity index (χ0) is 17.7. The summed E-state index contributed by atoms with van der Waals surface area (Å²) in [5.41, 5.74) is -0.0158. The third-order valence-corrected chi connectivity index (χ3v) is 3.37. The van der Waals surface area contributed by atoms with Crippen LogP contribution in [0.4, 0.5) is 24.8 Å². The van der Waals surface area contributed by atoms with E-state index in [0.717, 1.165) is 25.0 Å². The molecule has 1 amide bonds. The van der Waals surface area contributed by atoms with E-state index in [-0.39, 0.29) is 23.1 Å². The number of rotatable bonds is 6. The van der Waals surface area contributed by atoms with E-state index in [2.05, 4.69) is 15.3 Å². The van der Waals surface area contributed by atoms with E-state index >= 15 is 0 Å². The number of unbranched alkanes of at least 4 members (excludes halogenated alkanes) is 1. The molecule has 0 aliphatic rings. The van der Waals surface area contributed by atoms with Crippen LogP contribution in [0.5, 0.6) is 0 Å². The summed E-state index contributed by atoms with van der Waals surface area (Å²) in [7, 11) is 1.68. The Balaban J connectivity index is 2.10. The summed E-state index contributed by atoms with van der Waals surface area (Å²) in [5.74, 6) is -4.49. The van der Waals surface area contributed by atoms with E-state index in [9.17, 15) is 18.0 Å². The maximum Gasteiger partial charge on any atom is 0.256 e. The van der Waals surface area contributed by atoms with Gasteiger partial charge in [0.15, 0.2) is 17.5 Å². The Hall–Kier alpha value is -2.64. The first-order valence-electron chi connectivity index (χ1n) is 7.42. The second-order valence-electron chi connectivity index (χ2n) is 5.22. The van der Waals surface area contributed by atoms with Crippen LogP contribution in [0.3, 0.4) is 0 Å². The molecule has 1 aromatic heterocycles. The number of anilines is 2. The van der Waals surface area contributed by atoms with Crippen molar-refractivity contribution in [3.05, 3.63) is 47.5 Å². The molecule has 0 aliphatic heterocycles. The molecule has 8 heteroatoms. The lowest BCUT2D eigenvalue weighted by atomic mass is 10.2. The molecule has 2 rings (SSSR count). The molecule has 0 aliphatic carbocycles. The third kappa shape index (κ3) is 4.01. The number of hydrogen-bond donors (Lipinski definition) is 1. The van der Waals surface area contributed by atoms with Crippen molar-refractivity contribution in [1.82, 2.24) is 14.9 Å². The Morgan fingerprint density at radius 2 is 1.83 bits per heavy atom. The molecule has 0 spiro atoms. The quantitative estimate of drug-likeness (QED) is 0.819. The summed E-state index contributed by atoms with van der Waals surface area (Å²) in [6.45, 7) is 2.65. The molecule has 0 fully saturated rings. The van der Waals surface area contributed by atoms with E-state index < -0.39 is 17.5 Å². The molecule has 24 heavy (non-hydrogen) atoms. The standard InChI is InChI=1S/C16H17F3N4O/c1-3-4-7-23(2)15(24)10-8-20-16(21-9-10)22-12-6-5-11(17)13(18)14(12)19/h5-6,8-9H,3-4,7H2,1-2H3,(H,20,21,22). The van der Waals surface area contributed by atoms with Gasteiger partial charge in [0.05, 0.1) is 11.3 Å². The highest BCUT2D eigenvalue weighted by Crippen LogP contribution is 2.21. The van der Waals surface area contributed by atoms with Gasteiger partial charge in [-0.1, -0.05) is 13.3 Å². The average Bonchev–Trinajstić information content (AvgIpc) is 2.60. The minimum Gasteiger partial charge on any atom is -0.342 e. The topological polar surface area (TPSA) is 58.1 Å². The summed E-state index contributed by atoms with van der Waals surface area (Å²) < 4.78 is 39.6. The molecule has 0 bridgehead atoms. The van der Waals surface area contributed by atoms with E-state index in [1.807, 2.05) is 6.92 Å². The van der Waals surface area contributed by atoms with Gasteiger partial charge in [0.1, 0.15) is 0 Å². The maximum absolute atomic E-state index is 13.6. The molecule has 1 N–H and O–H groups in total. The number of carbonyl (C=O) groups is 1. The van der Waals surface area contributed by atoms with Crippen LogP contribution in [-0.4, -0.2) is 34.4 Å². The fourth-order valence-corrected chi connectivity index (χ4v) is 1.96. The molecule has 2 aromatic rings. The first-order chi connectivity index (χ1) is 11.4. The lowest BCUT2D eigenvalue weighted by molar-refractivity contribution is 0.0792. The number of aromatic nitrogens is 2. The second-order valence-corrected chi connectivity index (χ2v) is 5.22. The normalized spacial score (nSPS) is 10.5. The molecule has 0 unspecified atom stereocenters. The minimum absolute atomic E-state index is 0.0346. The van der Waals surface area contributed by atoms with Crippen LogP contribution in [0.1, 0.15) is 30.1 Å². The van der Waals surface area contributed by atoms with E-state index in [1.165, 1.54) is 12.4 Å². The number of carbonyl (C=O) groups excluding carboxylic acids is 1. The highest BCUT2D eigenvalue weighted by molar-refractivity contribution is 5.93. The summed E-state index contributed by atoms with van der Waals surface area (Å²) in [6.07, 6.45) is 4.44. The summed E-state index contributed by atoms with van der Waals surface area (Å²) in [5, 5.41) is 2.44. The summed E-state index contributed by atoms with van der Waals surface area (Å²) in [4.78, 5) is 21.5. The predicted molar refractivity (Wildman–Crippen MR) is 83.5 cm³/mol. The zero-order valence-electron chi connectivity index (χ0n) is 13.3. The van der Waals surface area contributed by atoms with Crippen molar-refractivity contribution in [1.29, 1.82) is 0 Å². The molecule has 0 saturated carbocycles. The van der Waals surface area contributed by atoms with Crippen molar-refractivity contribution < 1.29 is 18.0 Å². The number of benzene rings is 1. The van der Waals surface area contributed by atoms with Gasteiger partial charge >= 0.3 is 0 Å². The van der Waals surface area contributed by atoms with Gasteiger partial charge in [-0.2, -0.15) is 0 Å². The van der Waals surface area contributed by atoms with Crippen LogP contribution in [0.15, 0.2) is 24.5 Å². The molecule has 1 heterocycles. The minimum atomic E-state index is -1.58. The van der Waals surface area contributed by atoms with Crippen molar-refractivity contribution in [3.8, 4) is 0 Å². The van der Waals surface area contributed by atoms with Gasteiger partial charge in [-0.05, 0) is 18.6 Å². The molecule has 0 radical (unpaired) electrons. The van der Waals surface area contributed by atoms with Crippen LogP contribution in [0.2, 0.25) is 0 Å². The van der Waals surface area contributed by atoms with Crippen LogP contribution in [0, 0.1) is 17.5 Å². The fourth-order valence-electron chi connectivity index (χ4n) is 1.96. The van der Waals surface area contributed by atoms with Gasteiger partial charge in [-0.3, -0.25) is 4.79 Å². The third-order valence-electron chi connectivity index (χ3n) is 3.37. The largest absolute Gasteiger partial charge is 0.342 e. The van der Waals surface area contributed by atoms with Crippen LogP contribution in [-0.2, 0) is 0 Å². The molecule has 0 saturated heterocycles. The molecular formula is C16H17F3N4O. The van der Waals surface area contributed by atoms with E-state index in [4.69, 9.17) is 0 Å². The van der Waals surface area contributed by atoms with Crippen molar-refractivity contribution >= 4 is 17.5 Å². The molecule has 0 atom stereocenters. The van der Waals surface area contributed by atoms with Gasteiger partial charge in [0.2, 0.25) is 5.95 Å². The molecule has 5 nitrogen and oxygen atoms in total. The summed E-state index contributed by atoms with van der Waals surface area (Å²) in [6, 6.07) is 1.83. The Morgan fingerprint density at radius 3 is 2.46 bits per heavy atom. The van der Waals surface area contributed by atoms with Gasteiger partial charge in [-0.15, -0.1) is 0 Å². The molecular weight excluding hydrogens is 321 g/mol. The number of amides is 1. The predicted octanol–water partition coefficient (Wildman–Crippen LogP) is 3.51. The number of halogens is 3. The SMILES string of the molecule is CCCCN(C)C(=O)c1cnc(Nc2ccc(F)c(F)c2F)nc1. The Morgan fingerprint density at radius 1 is 1.17 bits per heavy atom. The fraction of sp³-hybridized carbons (Fsp3) is 0.312. The van der Waals surface area contributed by atoms with E-state index in [1.54, 1.807) is 11.9 Å². The van der Waals surface area contributed by atoms with Crippen molar-refractivity contribution in [3.63, 3.8) is 0 Å². The van der Waals surface area contributed by atoms with Gasteiger partial charge in [0, 0.05) is 26.0 Å². The molecule has 128 valence electrons. The Kier molecular flexibility index (Phi) is 5.73. The lowest BCUT2D eigenvalue weighted by Gasteiger charge is -2.16. The smallest absolute Gasteiger partial charge is 0.256 e. The maximum atomic E-state index is 13.6.